The lowest BCUT2D eigenvalue weighted by atomic mass is 10.0. The molecule has 9 heteroatoms. The van der Waals surface area contributed by atoms with Gasteiger partial charge in [-0.1, -0.05) is 12.1 Å². The molecule has 0 aliphatic carbocycles. The van der Waals surface area contributed by atoms with Gasteiger partial charge in [0, 0.05) is 19.2 Å². The number of nitro groups is 1. The fraction of sp³-hybridized carbons (Fsp3) is 0.500. The first-order chi connectivity index (χ1) is 11.0. The van der Waals surface area contributed by atoms with Gasteiger partial charge in [-0.2, -0.15) is 0 Å². The van der Waals surface area contributed by atoms with Crippen molar-refractivity contribution >= 4 is 23.1 Å². The van der Waals surface area contributed by atoms with Crippen LogP contribution in [0.3, 0.4) is 0 Å². The van der Waals surface area contributed by atoms with E-state index in [0.717, 1.165) is 25.9 Å². The van der Waals surface area contributed by atoms with Crippen LogP contribution in [0.25, 0.3) is 0 Å². The van der Waals surface area contributed by atoms with E-state index in [1.807, 2.05) is 4.90 Å². The zero-order chi connectivity index (χ0) is 16.4. The highest BCUT2D eigenvalue weighted by Gasteiger charge is 2.29. The Kier molecular flexibility index (Phi) is 4.09. The SMILES string of the molecule is Cc1cc(Nc2ncnc(N3CCCC(C)C3)c2[N+](=O)[O-])no1. The Hall–Kier alpha value is -2.71. The van der Waals surface area contributed by atoms with E-state index in [1.165, 1.54) is 6.33 Å². The monoisotopic (exact) mass is 318 g/mol. The lowest BCUT2D eigenvalue weighted by Gasteiger charge is -2.31. The summed E-state index contributed by atoms with van der Waals surface area (Å²) in [6.07, 6.45) is 3.45. The van der Waals surface area contributed by atoms with Gasteiger partial charge in [0.2, 0.25) is 11.6 Å². The van der Waals surface area contributed by atoms with Gasteiger partial charge in [-0.3, -0.25) is 10.1 Å². The lowest BCUT2D eigenvalue weighted by molar-refractivity contribution is -0.383. The van der Waals surface area contributed by atoms with E-state index >= 15 is 0 Å². The Labute approximate surface area is 132 Å². The highest BCUT2D eigenvalue weighted by atomic mass is 16.6. The van der Waals surface area contributed by atoms with Gasteiger partial charge < -0.3 is 14.7 Å². The van der Waals surface area contributed by atoms with Gasteiger partial charge in [0.25, 0.3) is 0 Å². The minimum Gasteiger partial charge on any atom is -0.360 e. The molecule has 1 fully saturated rings. The van der Waals surface area contributed by atoms with Crippen LogP contribution in [0.2, 0.25) is 0 Å². The van der Waals surface area contributed by atoms with Crippen LogP contribution in [0.4, 0.5) is 23.1 Å². The number of aromatic nitrogens is 3. The Morgan fingerprint density at radius 3 is 2.96 bits per heavy atom. The van der Waals surface area contributed by atoms with E-state index in [-0.39, 0.29) is 11.5 Å². The van der Waals surface area contributed by atoms with Crippen molar-refractivity contribution in [2.24, 2.45) is 5.92 Å². The smallest absolute Gasteiger partial charge is 0.353 e. The van der Waals surface area contributed by atoms with Crippen molar-refractivity contribution in [2.75, 3.05) is 23.3 Å². The second-order valence-corrected chi connectivity index (χ2v) is 5.79. The number of piperidine rings is 1. The summed E-state index contributed by atoms with van der Waals surface area (Å²) < 4.78 is 4.96. The largest absolute Gasteiger partial charge is 0.360 e. The van der Waals surface area contributed by atoms with Crippen molar-refractivity contribution in [1.82, 2.24) is 15.1 Å². The minimum atomic E-state index is -0.454. The van der Waals surface area contributed by atoms with E-state index in [9.17, 15) is 10.1 Å². The molecule has 3 rings (SSSR count). The number of hydrogen-bond acceptors (Lipinski definition) is 8. The molecular formula is C14H18N6O3. The summed E-state index contributed by atoms with van der Waals surface area (Å²) in [6.45, 7) is 5.38. The summed E-state index contributed by atoms with van der Waals surface area (Å²) in [5, 5.41) is 18.2. The molecule has 9 nitrogen and oxygen atoms in total. The molecular weight excluding hydrogens is 300 g/mol. The molecule has 1 aliphatic rings. The third-order valence-corrected chi connectivity index (χ3v) is 3.82. The first-order valence-corrected chi connectivity index (χ1v) is 7.49. The predicted molar refractivity (Wildman–Crippen MR) is 83.8 cm³/mol. The second-order valence-electron chi connectivity index (χ2n) is 5.79. The Morgan fingerprint density at radius 1 is 1.48 bits per heavy atom. The number of anilines is 3. The van der Waals surface area contributed by atoms with Gasteiger partial charge in [-0.05, 0) is 25.7 Å². The van der Waals surface area contributed by atoms with Crippen molar-refractivity contribution in [2.45, 2.75) is 26.7 Å². The van der Waals surface area contributed by atoms with Crippen molar-refractivity contribution in [3.63, 3.8) is 0 Å². The number of rotatable bonds is 4. The van der Waals surface area contributed by atoms with Crippen LogP contribution in [-0.4, -0.2) is 33.1 Å². The van der Waals surface area contributed by atoms with E-state index in [2.05, 4.69) is 27.4 Å². The second kappa shape index (κ2) is 6.19. The molecule has 2 aromatic rings. The number of hydrogen-bond donors (Lipinski definition) is 1. The van der Waals surface area contributed by atoms with Crippen LogP contribution in [0, 0.1) is 23.0 Å². The van der Waals surface area contributed by atoms with Gasteiger partial charge in [0.1, 0.15) is 12.1 Å². The maximum absolute atomic E-state index is 11.6. The van der Waals surface area contributed by atoms with Gasteiger partial charge in [-0.25, -0.2) is 9.97 Å². The molecule has 0 radical (unpaired) electrons. The predicted octanol–water partition coefficient (Wildman–Crippen LogP) is 2.66. The number of nitrogens with zero attached hydrogens (tertiary/aromatic N) is 5. The summed E-state index contributed by atoms with van der Waals surface area (Å²) in [5.41, 5.74) is -0.137. The summed E-state index contributed by atoms with van der Waals surface area (Å²) in [7, 11) is 0. The Balaban J connectivity index is 1.96. The average molecular weight is 318 g/mol. The van der Waals surface area contributed by atoms with Crippen LogP contribution < -0.4 is 10.2 Å². The normalized spacial score (nSPS) is 18.0. The van der Waals surface area contributed by atoms with Crippen LogP contribution in [0.1, 0.15) is 25.5 Å². The average Bonchev–Trinajstić information content (AvgIpc) is 2.92. The first-order valence-electron chi connectivity index (χ1n) is 7.49. The zero-order valence-corrected chi connectivity index (χ0v) is 13.0. The third-order valence-electron chi connectivity index (χ3n) is 3.82. The van der Waals surface area contributed by atoms with Crippen molar-refractivity contribution < 1.29 is 9.45 Å². The van der Waals surface area contributed by atoms with Gasteiger partial charge >= 0.3 is 5.69 Å². The van der Waals surface area contributed by atoms with Gasteiger partial charge in [-0.15, -0.1) is 0 Å². The minimum absolute atomic E-state index is 0.117. The van der Waals surface area contributed by atoms with Gasteiger partial charge in [0.05, 0.1) is 4.92 Å². The summed E-state index contributed by atoms with van der Waals surface area (Å²) >= 11 is 0. The topological polar surface area (TPSA) is 110 Å². The molecule has 1 aliphatic heterocycles. The molecule has 0 aromatic carbocycles. The van der Waals surface area contributed by atoms with Crippen LogP contribution in [0.15, 0.2) is 16.9 Å². The van der Waals surface area contributed by atoms with Crippen LogP contribution >= 0.6 is 0 Å². The van der Waals surface area contributed by atoms with E-state index in [0.29, 0.717) is 23.3 Å². The highest BCUT2D eigenvalue weighted by molar-refractivity contribution is 5.73. The number of aryl methyl sites for hydroxylation is 1. The fourth-order valence-electron chi connectivity index (χ4n) is 2.79. The molecule has 23 heavy (non-hydrogen) atoms. The standard InChI is InChI=1S/C14H18N6O3/c1-9-4-3-5-19(7-9)14-12(20(21)22)13(15-8-16-14)17-11-6-10(2)23-18-11/h6,8-9H,3-5,7H2,1-2H3,(H,15,16,17,18). The third kappa shape index (κ3) is 3.22. The molecule has 1 atom stereocenters. The molecule has 122 valence electrons. The summed E-state index contributed by atoms with van der Waals surface area (Å²) in [5.74, 6) is 1.93. The highest BCUT2D eigenvalue weighted by Crippen LogP contribution is 2.35. The van der Waals surface area contributed by atoms with Crippen molar-refractivity contribution in [3.05, 3.63) is 28.3 Å². The number of nitrogens with one attached hydrogen (secondary N) is 1. The van der Waals surface area contributed by atoms with E-state index < -0.39 is 4.92 Å². The van der Waals surface area contributed by atoms with Crippen LogP contribution in [0.5, 0.6) is 0 Å². The molecule has 0 amide bonds. The quantitative estimate of drug-likeness (QED) is 0.676. The Morgan fingerprint density at radius 2 is 2.30 bits per heavy atom. The molecule has 1 saturated heterocycles. The van der Waals surface area contributed by atoms with E-state index in [1.54, 1.807) is 13.0 Å². The first kappa shape index (κ1) is 15.2. The molecule has 2 aromatic heterocycles. The maximum atomic E-state index is 11.6. The molecule has 0 spiro atoms. The molecule has 1 unspecified atom stereocenters. The van der Waals surface area contributed by atoms with Crippen molar-refractivity contribution in [3.8, 4) is 0 Å². The molecule has 0 bridgehead atoms. The zero-order valence-electron chi connectivity index (χ0n) is 13.0. The van der Waals surface area contributed by atoms with Crippen LogP contribution in [-0.2, 0) is 0 Å². The molecule has 0 saturated carbocycles. The lowest BCUT2D eigenvalue weighted by Crippen LogP contribution is -2.35. The van der Waals surface area contributed by atoms with Crippen molar-refractivity contribution in [1.29, 1.82) is 0 Å². The summed E-state index contributed by atoms with van der Waals surface area (Å²) in [6, 6.07) is 1.65. The van der Waals surface area contributed by atoms with E-state index in [4.69, 9.17) is 4.52 Å². The molecule has 1 N–H and O–H groups in total. The summed E-state index contributed by atoms with van der Waals surface area (Å²) in [4.78, 5) is 21.2. The Bertz CT molecular complexity index is 716. The maximum Gasteiger partial charge on any atom is 0.353 e. The fourth-order valence-corrected chi connectivity index (χ4v) is 2.79. The molecule has 3 heterocycles. The van der Waals surface area contributed by atoms with Gasteiger partial charge in [0.15, 0.2) is 5.82 Å².